The lowest BCUT2D eigenvalue weighted by molar-refractivity contribution is -0.137. The number of carbonyl (C=O) groups is 1. The number of benzene rings is 2. The van der Waals surface area contributed by atoms with E-state index in [1.54, 1.807) is 18.2 Å². The minimum absolute atomic E-state index is 0.255. The summed E-state index contributed by atoms with van der Waals surface area (Å²) < 4.78 is 52.5. The van der Waals surface area contributed by atoms with E-state index in [0.29, 0.717) is 59.8 Å². The molecule has 1 N–H and O–H groups in total. The Labute approximate surface area is 251 Å². The molecular weight excluding hydrogens is 597 g/mol. The first-order valence-electron chi connectivity index (χ1n) is 15.0. The molecule has 0 unspecified atom stereocenters. The molecule has 1 fully saturated rings. The van der Waals surface area contributed by atoms with Crippen LogP contribution in [0.25, 0.3) is 11.1 Å². The van der Waals surface area contributed by atoms with Crippen molar-refractivity contribution in [2.24, 2.45) is 0 Å². The molecule has 228 valence electrons. The number of unbranched alkanes of at least 4 members (excludes halogenated alkanes) is 9. The molecule has 0 aliphatic carbocycles. The fraction of sp³-hybridized carbons (Fsp3) is 0.594. The highest BCUT2D eigenvalue weighted by atomic mass is 79.9. The van der Waals surface area contributed by atoms with Crippen molar-refractivity contribution in [2.75, 3.05) is 46.0 Å². The third-order valence-electron chi connectivity index (χ3n) is 7.38. The topological polar surface area (TPSA) is 50.8 Å². The number of nitrogens with one attached hydrogen (secondary N) is 1. The van der Waals surface area contributed by atoms with E-state index < -0.39 is 11.7 Å². The second-order valence-electron chi connectivity index (χ2n) is 10.7. The van der Waals surface area contributed by atoms with Gasteiger partial charge in [0, 0.05) is 37.3 Å². The highest BCUT2D eigenvalue weighted by Crippen LogP contribution is 2.40. The van der Waals surface area contributed by atoms with Crippen molar-refractivity contribution in [3.8, 4) is 16.9 Å². The number of carbonyl (C=O) groups excluding carboxylic acids is 1. The number of ether oxygens (including phenoxy) is 2. The standard InChI is InChI=1S/C32H44BrF3N2O3/c1-2-3-4-5-6-7-8-9-10-11-15-37-31(39)26-23-28(25-13-12-14-27(22-25)32(34,35)36)30(29(33)24-26)41-21-18-38-16-19-40-20-17-38/h12-14,22-24H,2-11,15-21H2,1H3,(H,37,39). The van der Waals surface area contributed by atoms with Crippen LogP contribution in [0, 0.1) is 0 Å². The summed E-state index contributed by atoms with van der Waals surface area (Å²) in [6, 6.07) is 8.43. The maximum atomic E-state index is 13.5. The maximum Gasteiger partial charge on any atom is 0.416 e. The Morgan fingerprint density at radius 3 is 2.29 bits per heavy atom. The zero-order chi connectivity index (χ0) is 29.5. The zero-order valence-corrected chi connectivity index (χ0v) is 25.8. The van der Waals surface area contributed by atoms with Crippen LogP contribution in [0.4, 0.5) is 13.2 Å². The molecule has 0 atom stereocenters. The van der Waals surface area contributed by atoms with Crippen molar-refractivity contribution < 1.29 is 27.4 Å². The first-order chi connectivity index (χ1) is 19.8. The molecule has 1 aliphatic rings. The van der Waals surface area contributed by atoms with Gasteiger partial charge in [0.05, 0.1) is 23.2 Å². The van der Waals surface area contributed by atoms with Crippen molar-refractivity contribution in [2.45, 2.75) is 77.3 Å². The van der Waals surface area contributed by atoms with Gasteiger partial charge >= 0.3 is 6.18 Å². The van der Waals surface area contributed by atoms with E-state index in [0.717, 1.165) is 44.5 Å². The Hall–Kier alpha value is -2.10. The number of hydrogen-bond donors (Lipinski definition) is 1. The average Bonchev–Trinajstić information content (AvgIpc) is 2.96. The van der Waals surface area contributed by atoms with Crippen molar-refractivity contribution in [1.82, 2.24) is 10.2 Å². The van der Waals surface area contributed by atoms with Crippen LogP contribution in [0.1, 0.15) is 87.1 Å². The van der Waals surface area contributed by atoms with E-state index in [2.05, 4.69) is 33.1 Å². The predicted molar refractivity (Wildman–Crippen MR) is 162 cm³/mol. The third-order valence-corrected chi connectivity index (χ3v) is 7.97. The smallest absolute Gasteiger partial charge is 0.416 e. The molecule has 5 nitrogen and oxygen atoms in total. The predicted octanol–water partition coefficient (Wildman–Crippen LogP) is 8.50. The zero-order valence-electron chi connectivity index (χ0n) is 24.2. The molecule has 1 heterocycles. The maximum absolute atomic E-state index is 13.5. The summed E-state index contributed by atoms with van der Waals surface area (Å²) in [6.45, 7) is 6.76. The number of amides is 1. The summed E-state index contributed by atoms with van der Waals surface area (Å²) in [5, 5.41) is 2.97. The van der Waals surface area contributed by atoms with Gasteiger partial charge in [-0.25, -0.2) is 0 Å². The van der Waals surface area contributed by atoms with Crippen LogP contribution in [-0.4, -0.2) is 56.8 Å². The molecule has 0 radical (unpaired) electrons. The summed E-state index contributed by atoms with van der Waals surface area (Å²) in [5.74, 6) is 0.165. The SMILES string of the molecule is CCCCCCCCCCCCNC(=O)c1cc(Br)c(OCCN2CCOCC2)c(-c2cccc(C(F)(F)F)c2)c1. The Morgan fingerprint density at radius 2 is 1.63 bits per heavy atom. The summed E-state index contributed by atoms with van der Waals surface area (Å²) >= 11 is 3.52. The molecular formula is C32H44BrF3N2O3. The minimum Gasteiger partial charge on any atom is -0.490 e. The quantitative estimate of drug-likeness (QED) is 0.176. The van der Waals surface area contributed by atoms with E-state index in [-0.39, 0.29) is 5.91 Å². The third kappa shape index (κ3) is 11.6. The van der Waals surface area contributed by atoms with Gasteiger partial charge in [-0.15, -0.1) is 0 Å². The Kier molecular flexibility index (Phi) is 14.5. The minimum atomic E-state index is -4.48. The average molecular weight is 642 g/mol. The Morgan fingerprint density at radius 1 is 0.976 bits per heavy atom. The second kappa shape index (κ2) is 17.8. The summed E-state index contributed by atoms with van der Waals surface area (Å²) in [5.41, 5.74) is 0.404. The van der Waals surface area contributed by atoms with Crippen LogP contribution >= 0.6 is 15.9 Å². The van der Waals surface area contributed by atoms with E-state index in [1.807, 2.05) is 0 Å². The van der Waals surface area contributed by atoms with Gasteiger partial charge in [0.25, 0.3) is 5.91 Å². The lowest BCUT2D eigenvalue weighted by Gasteiger charge is -2.26. The molecule has 0 spiro atoms. The van der Waals surface area contributed by atoms with Crippen LogP contribution in [-0.2, 0) is 10.9 Å². The molecule has 1 saturated heterocycles. The van der Waals surface area contributed by atoms with E-state index in [1.165, 1.54) is 51.0 Å². The van der Waals surface area contributed by atoms with E-state index in [9.17, 15) is 18.0 Å². The van der Waals surface area contributed by atoms with Crippen molar-refractivity contribution in [3.63, 3.8) is 0 Å². The second-order valence-corrected chi connectivity index (χ2v) is 11.5. The first-order valence-corrected chi connectivity index (χ1v) is 15.8. The molecule has 0 aromatic heterocycles. The molecule has 1 aliphatic heterocycles. The fourth-order valence-electron chi connectivity index (χ4n) is 4.97. The van der Waals surface area contributed by atoms with Gasteiger partial charge in [-0.1, -0.05) is 76.8 Å². The molecule has 1 amide bonds. The van der Waals surface area contributed by atoms with E-state index >= 15 is 0 Å². The monoisotopic (exact) mass is 640 g/mol. The Bertz CT molecular complexity index is 1070. The molecule has 0 saturated carbocycles. The summed E-state index contributed by atoms with van der Waals surface area (Å²) in [7, 11) is 0. The number of morpholine rings is 1. The van der Waals surface area contributed by atoms with Crippen molar-refractivity contribution in [3.05, 3.63) is 52.0 Å². The number of hydrogen-bond acceptors (Lipinski definition) is 4. The highest BCUT2D eigenvalue weighted by molar-refractivity contribution is 9.10. The van der Waals surface area contributed by atoms with Gasteiger partial charge in [0.15, 0.2) is 0 Å². The highest BCUT2D eigenvalue weighted by Gasteiger charge is 2.31. The largest absolute Gasteiger partial charge is 0.490 e. The normalized spacial score (nSPS) is 14.3. The van der Waals surface area contributed by atoms with Crippen molar-refractivity contribution in [1.29, 1.82) is 0 Å². The summed E-state index contributed by atoms with van der Waals surface area (Å²) in [4.78, 5) is 15.2. The summed E-state index contributed by atoms with van der Waals surface area (Å²) in [6.07, 6.45) is 7.66. The molecule has 41 heavy (non-hydrogen) atoms. The first kappa shape index (κ1) is 33.4. The number of halogens is 4. The molecule has 9 heteroatoms. The van der Waals surface area contributed by atoms with Crippen LogP contribution in [0.3, 0.4) is 0 Å². The van der Waals surface area contributed by atoms with Gasteiger partial charge < -0.3 is 14.8 Å². The number of alkyl halides is 3. The molecule has 3 rings (SSSR count). The van der Waals surface area contributed by atoms with Gasteiger partial charge in [-0.3, -0.25) is 9.69 Å². The lowest BCUT2D eigenvalue weighted by Crippen LogP contribution is -2.38. The van der Waals surface area contributed by atoms with Gasteiger partial charge in [-0.05, 0) is 52.2 Å². The van der Waals surface area contributed by atoms with E-state index in [4.69, 9.17) is 9.47 Å². The van der Waals surface area contributed by atoms with Crippen LogP contribution in [0.15, 0.2) is 40.9 Å². The number of nitrogens with zero attached hydrogens (tertiary/aromatic N) is 1. The van der Waals surface area contributed by atoms with Gasteiger partial charge in [0.1, 0.15) is 12.4 Å². The molecule has 2 aromatic carbocycles. The van der Waals surface area contributed by atoms with Gasteiger partial charge in [0.2, 0.25) is 0 Å². The number of rotatable bonds is 17. The van der Waals surface area contributed by atoms with Crippen LogP contribution in [0.5, 0.6) is 5.75 Å². The fourth-order valence-corrected chi connectivity index (χ4v) is 5.54. The molecule has 2 aromatic rings. The van der Waals surface area contributed by atoms with Crippen LogP contribution in [0.2, 0.25) is 0 Å². The van der Waals surface area contributed by atoms with Gasteiger partial charge in [-0.2, -0.15) is 13.2 Å². The lowest BCUT2D eigenvalue weighted by atomic mass is 9.99. The van der Waals surface area contributed by atoms with Crippen molar-refractivity contribution >= 4 is 21.8 Å². The molecule has 0 bridgehead atoms. The Balaban J connectivity index is 1.62. The van der Waals surface area contributed by atoms with Crippen LogP contribution < -0.4 is 10.1 Å².